The van der Waals surface area contributed by atoms with Crippen LogP contribution in [-0.4, -0.2) is 24.6 Å². The van der Waals surface area contributed by atoms with Crippen LogP contribution in [0.1, 0.15) is 0 Å². The summed E-state index contributed by atoms with van der Waals surface area (Å²) in [5, 5.41) is 16.4. The molecule has 0 saturated carbocycles. The summed E-state index contributed by atoms with van der Waals surface area (Å²) in [6, 6.07) is 16.3. The molecule has 6 nitrogen and oxygen atoms in total. The largest absolute Gasteiger partial charge is 0.844 e. The Morgan fingerprint density at radius 2 is 1.68 bits per heavy atom. The molecule has 0 bridgehead atoms. The van der Waals surface area contributed by atoms with Crippen LogP contribution in [0.25, 0.3) is 28.4 Å². The topological polar surface area (TPSA) is 79.0 Å². The highest BCUT2D eigenvalue weighted by Crippen LogP contribution is 2.21. The fourth-order valence-electron chi connectivity index (χ4n) is 2.22. The van der Waals surface area contributed by atoms with E-state index in [0.29, 0.717) is 22.9 Å². The van der Waals surface area contributed by atoms with Crippen LogP contribution in [0.15, 0.2) is 60.8 Å². The number of hydrogen-bond acceptors (Lipinski definition) is 5. The highest BCUT2D eigenvalue weighted by Gasteiger charge is 2.09. The molecule has 0 N–H and O–H groups in total. The minimum absolute atomic E-state index is 0.303. The van der Waals surface area contributed by atoms with E-state index in [1.165, 1.54) is 4.52 Å². The second kappa shape index (κ2) is 4.92. The molecule has 0 unspecified atom stereocenters. The Morgan fingerprint density at radius 1 is 0.864 bits per heavy atom. The lowest BCUT2D eigenvalue weighted by molar-refractivity contribution is -0.284. The third-order valence-electron chi connectivity index (χ3n) is 3.26. The highest BCUT2D eigenvalue weighted by molar-refractivity contribution is 5.65. The molecule has 0 radical (unpaired) electrons. The molecule has 1 aromatic carbocycles. The molecule has 0 saturated heterocycles. The minimum Gasteiger partial charge on any atom is -0.844 e. The molecule has 4 aromatic rings. The van der Waals surface area contributed by atoms with Gasteiger partial charge in [-0.05, 0) is 12.1 Å². The van der Waals surface area contributed by atoms with Crippen molar-refractivity contribution in [3.63, 3.8) is 0 Å². The maximum Gasteiger partial charge on any atom is 0.181 e. The van der Waals surface area contributed by atoms with Gasteiger partial charge in [0.1, 0.15) is 5.69 Å². The first kappa shape index (κ1) is 12.5. The molecule has 3 aromatic heterocycles. The van der Waals surface area contributed by atoms with Crippen molar-refractivity contribution in [2.75, 3.05) is 0 Å². The first-order valence-electron chi connectivity index (χ1n) is 6.73. The van der Waals surface area contributed by atoms with Gasteiger partial charge < -0.3 is 5.11 Å². The number of benzene rings is 1. The number of aromatic nitrogens is 5. The zero-order valence-electron chi connectivity index (χ0n) is 11.4. The summed E-state index contributed by atoms with van der Waals surface area (Å²) in [6.45, 7) is 0. The summed E-state index contributed by atoms with van der Waals surface area (Å²) in [5.41, 5.74) is 2.63. The van der Waals surface area contributed by atoms with E-state index in [2.05, 4.69) is 20.1 Å². The summed E-state index contributed by atoms with van der Waals surface area (Å²) in [5.74, 6) is 0.303. The van der Waals surface area contributed by atoms with Crippen LogP contribution >= 0.6 is 0 Å². The van der Waals surface area contributed by atoms with E-state index >= 15 is 0 Å². The second-order valence-corrected chi connectivity index (χ2v) is 4.71. The maximum absolute atomic E-state index is 12.1. The van der Waals surface area contributed by atoms with E-state index in [1.807, 2.05) is 36.4 Å². The van der Waals surface area contributed by atoms with Crippen molar-refractivity contribution in [2.24, 2.45) is 0 Å². The zero-order valence-corrected chi connectivity index (χ0v) is 11.4. The third kappa shape index (κ3) is 2.07. The standard InChI is InChI=1S/C16H11N5O/c22-16-19-15(12-8-4-5-9-17-12)18-14-10-13(20-21(14)16)11-6-2-1-3-7-11/h1-10H,(H,18,19,22)/p-1. The smallest absolute Gasteiger partial charge is 0.181 e. The SMILES string of the molecule is [O-]c1nc(-c2ccccn2)nc2cc(-c3ccccc3)nn12. The van der Waals surface area contributed by atoms with Crippen LogP contribution in [0.3, 0.4) is 0 Å². The molecular weight excluding hydrogens is 278 g/mol. The van der Waals surface area contributed by atoms with Crippen LogP contribution in [0.2, 0.25) is 0 Å². The molecule has 6 heteroatoms. The molecule has 0 aliphatic heterocycles. The molecule has 0 aliphatic rings. The number of rotatable bonds is 2. The van der Waals surface area contributed by atoms with E-state index in [4.69, 9.17) is 0 Å². The second-order valence-electron chi connectivity index (χ2n) is 4.71. The number of nitrogens with zero attached hydrogens (tertiary/aromatic N) is 5. The lowest BCUT2D eigenvalue weighted by Gasteiger charge is -2.08. The van der Waals surface area contributed by atoms with Crippen molar-refractivity contribution in [3.05, 3.63) is 60.8 Å². The Kier molecular flexibility index (Phi) is 2.79. The molecule has 22 heavy (non-hydrogen) atoms. The van der Waals surface area contributed by atoms with Crippen LogP contribution in [-0.2, 0) is 0 Å². The quantitative estimate of drug-likeness (QED) is 0.563. The van der Waals surface area contributed by atoms with Crippen LogP contribution < -0.4 is 5.11 Å². The van der Waals surface area contributed by atoms with Gasteiger partial charge in [0.25, 0.3) is 0 Å². The summed E-state index contributed by atoms with van der Waals surface area (Å²) >= 11 is 0. The van der Waals surface area contributed by atoms with Crippen LogP contribution in [0.5, 0.6) is 6.01 Å². The van der Waals surface area contributed by atoms with E-state index in [-0.39, 0.29) is 0 Å². The van der Waals surface area contributed by atoms with E-state index < -0.39 is 6.01 Å². The summed E-state index contributed by atoms with van der Waals surface area (Å²) in [4.78, 5) is 12.5. The lowest BCUT2D eigenvalue weighted by Crippen LogP contribution is -2.07. The third-order valence-corrected chi connectivity index (χ3v) is 3.26. The van der Waals surface area contributed by atoms with Crippen LogP contribution in [0.4, 0.5) is 0 Å². The molecule has 0 amide bonds. The van der Waals surface area contributed by atoms with Gasteiger partial charge in [0.15, 0.2) is 11.5 Å². The Hall–Kier alpha value is -3.28. The van der Waals surface area contributed by atoms with Crippen molar-refractivity contribution in [2.45, 2.75) is 0 Å². The van der Waals surface area contributed by atoms with E-state index in [1.54, 1.807) is 24.4 Å². The van der Waals surface area contributed by atoms with Gasteiger partial charge in [-0.15, -0.1) is 0 Å². The summed E-state index contributed by atoms with van der Waals surface area (Å²) in [6.07, 6.45) is 1.64. The molecule has 0 atom stereocenters. The number of hydrogen-bond donors (Lipinski definition) is 0. The Labute approximate surface area is 125 Å². The van der Waals surface area contributed by atoms with Gasteiger partial charge >= 0.3 is 0 Å². The molecule has 3 heterocycles. The Balaban J connectivity index is 1.88. The predicted molar refractivity (Wildman–Crippen MR) is 78.9 cm³/mol. The van der Waals surface area contributed by atoms with Crippen molar-refractivity contribution >= 4 is 5.65 Å². The van der Waals surface area contributed by atoms with Gasteiger partial charge in [-0.1, -0.05) is 36.4 Å². The summed E-state index contributed by atoms with van der Waals surface area (Å²) < 4.78 is 1.20. The zero-order chi connectivity index (χ0) is 14.9. The number of pyridine rings is 1. The van der Waals surface area contributed by atoms with Crippen molar-refractivity contribution in [1.29, 1.82) is 0 Å². The normalized spacial score (nSPS) is 10.9. The maximum atomic E-state index is 12.1. The average Bonchev–Trinajstić information content (AvgIpc) is 3.01. The first-order chi connectivity index (χ1) is 10.8. The fourth-order valence-corrected chi connectivity index (χ4v) is 2.22. The van der Waals surface area contributed by atoms with Gasteiger partial charge in [-0.25, -0.2) is 14.5 Å². The molecule has 0 aliphatic carbocycles. The highest BCUT2D eigenvalue weighted by atomic mass is 16.3. The Morgan fingerprint density at radius 3 is 2.45 bits per heavy atom. The van der Waals surface area contributed by atoms with E-state index in [0.717, 1.165) is 5.56 Å². The van der Waals surface area contributed by atoms with Gasteiger partial charge in [-0.3, -0.25) is 4.98 Å². The molecule has 4 rings (SSSR count). The predicted octanol–water partition coefficient (Wildman–Crippen LogP) is 1.93. The van der Waals surface area contributed by atoms with Crippen molar-refractivity contribution in [3.8, 4) is 28.8 Å². The molecule has 0 spiro atoms. The average molecular weight is 288 g/mol. The van der Waals surface area contributed by atoms with Gasteiger partial charge in [0, 0.05) is 17.8 Å². The van der Waals surface area contributed by atoms with Gasteiger partial charge in [-0.2, -0.15) is 5.10 Å². The number of fused-ring (bicyclic) bond motifs is 1. The first-order valence-corrected chi connectivity index (χ1v) is 6.73. The minimum atomic E-state index is -0.465. The van der Waals surface area contributed by atoms with Crippen LogP contribution in [0, 0.1) is 0 Å². The molecular formula is C16H10N5O-. The van der Waals surface area contributed by atoms with E-state index in [9.17, 15) is 5.11 Å². The Bertz CT molecular complexity index is 935. The summed E-state index contributed by atoms with van der Waals surface area (Å²) in [7, 11) is 0. The van der Waals surface area contributed by atoms with Crippen molar-refractivity contribution in [1.82, 2.24) is 24.6 Å². The lowest BCUT2D eigenvalue weighted by atomic mass is 10.2. The van der Waals surface area contributed by atoms with Gasteiger partial charge in [0.2, 0.25) is 0 Å². The van der Waals surface area contributed by atoms with Crippen molar-refractivity contribution < 1.29 is 5.11 Å². The van der Waals surface area contributed by atoms with Gasteiger partial charge in [0.05, 0.1) is 11.7 Å². The monoisotopic (exact) mass is 288 g/mol. The molecule has 106 valence electrons. The molecule has 0 fully saturated rings. The fraction of sp³-hybridized carbons (Fsp3) is 0.